The van der Waals surface area contributed by atoms with Crippen LogP contribution < -0.4 is 5.32 Å². The third-order valence-electron chi connectivity index (χ3n) is 4.45. The Balaban J connectivity index is 1.59. The van der Waals surface area contributed by atoms with Gasteiger partial charge in [0.2, 0.25) is 6.10 Å². The van der Waals surface area contributed by atoms with E-state index < -0.39 is 6.10 Å². The number of benzene rings is 1. The van der Waals surface area contributed by atoms with Gasteiger partial charge in [-0.1, -0.05) is 24.2 Å². The number of carbonyl (C=O) groups excluding carboxylic acids is 1. The van der Waals surface area contributed by atoms with Crippen molar-refractivity contribution in [3.63, 3.8) is 0 Å². The molecule has 2 heterocycles. The van der Waals surface area contributed by atoms with Crippen LogP contribution in [0.2, 0.25) is 0 Å². The molecule has 26 heavy (non-hydrogen) atoms. The van der Waals surface area contributed by atoms with Crippen LogP contribution in [0.5, 0.6) is 0 Å². The zero-order chi connectivity index (χ0) is 18.8. The van der Waals surface area contributed by atoms with Gasteiger partial charge in [-0.3, -0.25) is 4.79 Å². The summed E-state index contributed by atoms with van der Waals surface area (Å²) in [7, 11) is 0. The number of hydrogen-bond donors (Lipinski definition) is 1. The summed E-state index contributed by atoms with van der Waals surface area (Å²) in [6.45, 7) is 7.94. The summed E-state index contributed by atoms with van der Waals surface area (Å²) in [6.07, 6.45) is -0.708. The maximum Gasteiger partial charge on any atom is 0.264 e. The summed E-state index contributed by atoms with van der Waals surface area (Å²) in [6, 6.07) is 5.96. The second kappa shape index (κ2) is 7.23. The van der Waals surface area contributed by atoms with Gasteiger partial charge in [-0.15, -0.1) is 0 Å². The first-order valence-corrected chi connectivity index (χ1v) is 8.54. The van der Waals surface area contributed by atoms with Crippen LogP contribution in [0.1, 0.15) is 37.1 Å². The van der Waals surface area contributed by atoms with E-state index in [1.807, 2.05) is 27.7 Å². The van der Waals surface area contributed by atoms with Crippen LogP contribution in [0.4, 0.5) is 4.39 Å². The molecule has 1 aromatic carbocycles. The second-order valence-corrected chi connectivity index (χ2v) is 6.54. The molecule has 3 atom stereocenters. The average molecular weight is 359 g/mol. The average Bonchev–Trinajstić information content (AvgIpc) is 3.15. The number of hydrogen-bond acceptors (Lipinski definition) is 5. The number of halogens is 1. The summed E-state index contributed by atoms with van der Waals surface area (Å²) >= 11 is 0. The lowest BCUT2D eigenvalue weighted by Crippen LogP contribution is -2.41. The zero-order valence-corrected chi connectivity index (χ0v) is 15.2. The van der Waals surface area contributed by atoms with Gasteiger partial charge in [0.25, 0.3) is 5.91 Å². The maximum absolute atomic E-state index is 13.1. The standard InChI is InChI=1S/C18H22FN5O2/c1-10(24-13(4)21-12(3)22-24)9-20-18(25)17-11(2)16(23-26-17)14-5-7-15(19)8-6-14/h5-8,10-11,17H,9H2,1-4H3,(H,20,25)/t10-,11+,17+/m1/s1. The highest BCUT2D eigenvalue weighted by molar-refractivity contribution is 6.05. The van der Waals surface area contributed by atoms with Crippen molar-refractivity contribution in [2.24, 2.45) is 11.1 Å². The number of nitrogens with zero attached hydrogens (tertiary/aromatic N) is 4. The molecule has 0 spiro atoms. The van der Waals surface area contributed by atoms with Crippen LogP contribution in [0.25, 0.3) is 0 Å². The van der Waals surface area contributed by atoms with Crippen molar-refractivity contribution in [2.75, 3.05) is 6.54 Å². The molecule has 1 aliphatic heterocycles. The number of nitrogens with one attached hydrogen (secondary N) is 1. The Bertz CT molecular complexity index is 831. The topological polar surface area (TPSA) is 81.4 Å². The molecule has 2 aromatic rings. The molecule has 1 amide bonds. The van der Waals surface area contributed by atoms with Gasteiger partial charge in [-0.2, -0.15) is 5.10 Å². The molecule has 1 aliphatic rings. The van der Waals surface area contributed by atoms with E-state index in [0.717, 1.165) is 11.4 Å². The first kappa shape index (κ1) is 18.0. The fourth-order valence-corrected chi connectivity index (χ4v) is 3.03. The van der Waals surface area contributed by atoms with Crippen molar-refractivity contribution < 1.29 is 14.0 Å². The molecule has 3 rings (SSSR count). The number of rotatable bonds is 5. The van der Waals surface area contributed by atoms with Crippen LogP contribution in [0, 0.1) is 25.6 Å². The Morgan fingerprint density at radius 2 is 2.04 bits per heavy atom. The van der Waals surface area contributed by atoms with Crippen molar-refractivity contribution in [1.82, 2.24) is 20.1 Å². The Morgan fingerprint density at radius 3 is 2.65 bits per heavy atom. The number of aryl methyl sites for hydroxylation is 2. The molecule has 138 valence electrons. The van der Waals surface area contributed by atoms with Gasteiger partial charge in [0.15, 0.2) is 0 Å². The predicted molar refractivity (Wildman–Crippen MR) is 94.2 cm³/mol. The molecule has 1 aromatic heterocycles. The minimum Gasteiger partial charge on any atom is -0.381 e. The van der Waals surface area contributed by atoms with E-state index in [-0.39, 0.29) is 23.7 Å². The first-order valence-electron chi connectivity index (χ1n) is 8.54. The summed E-state index contributed by atoms with van der Waals surface area (Å²) in [4.78, 5) is 22.1. The minimum atomic E-state index is -0.708. The minimum absolute atomic E-state index is 0.0330. The summed E-state index contributed by atoms with van der Waals surface area (Å²) < 4.78 is 14.9. The molecule has 0 saturated heterocycles. The molecule has 1 N–H and O–H groups in total. The molecule has 0 aliphatic carbocycles. The SMILES string of the molecule is Cc1nc(C)n([C@H](C)CNC(=O)[C@H]2ON=C(c3ccc(F)cc3)[C@@H]2C)n1. The van der Waals surface area contributed by atoms with Crippen molar-refractivity contribution in [3.05, 3.63) is 47.3 Å². The van der Waals surface area contributed by atoms with Crippen LogP contribution >= 0.6 is 0 Å². The molecule has 0 unspecified atom stereocenters. The summed E-state index contributed by atoms with van der Waals surface area (Å²) in [5.41, 5.74) is 1.39. The molecule has 0 saturated carbocycles. The van der Waals surface area contributed by atoms with E-state index in [1.165, 1.54) is 12.1 Å². The van der Waals surface area contributed by atoms with E-state index in [0.29, 0.717) is 18.1 Å². The van der Waals surface area contributed by atoms with E-state index in [1.54, 1.807) is 16.8 Å². The van der Waals surface area contributed by atoms with Gasteiger partial charge in [0.1, 0.15) is 17.5 Å². The molecule has 0 fully saturated rings. The lowest BCUT2D eigenvalue weighted by molar-refractivity contribution is -0.132. The van der Waals surface area contributed by atoms with E-state index in [2.05, 4.69) is 20.6 Å². The normalized spacial score (nSPS) is 20.4. The molecule has 8 heteroatoms. The highest BCUT2D eigenvalue weighted by Gasteiger charge is 2.36. The molecular formula is C18H22FN5O2. The summed E-state index contributed by atoms with van der Waals surface area (Å²) in [5.74, 6) is 0.719. The van der Waals surface area contributed by atoms with E-state index >= 15 is 0 Å². The van der Waals surface area contributed by atoms with Crippen molar-refractivity contribution >= 4 is 11.6 Å². The van der Waals surface area contributed by atoms with Crippen molar-refractivity contribution in [3.8, 4) is 0 Å². The number of amides is 1. The highest BCUT2D eigenvalue weighted by atomic mass is 19.1. The third kappa shape index (κ3) is 3.58. The van der Waals surface area contributed by atoms with Crippen LogP contribution in [0.15, 0.2) is 29.4 Å². The van der Waals surface area contributed by atoms with Gasteiger partial charge >= 0.3 is 0 Å². The quantitative estimate of drug-likeness (QED) is 0.887. The highest BCUT2D eigenvalue weighted by Crippen LogP contribution is 2.23. The lowest BCUT2D eigenvalue weighted by atomic mass is 9.94. The zero-order valence-electron chi connectivity index (χ0n) is 15.2. The molecular weight excluding hydrogens is 337 g/mol. The first-order chi connectivity index (χ1) is 12.4. The fraction of sp³-hybridized carbons (Fsp3) is 0.444. The lowest BCUT2D eigenvalue weighted by Gasteiger charge is -2.18. The monoisotopic (exact) mass is 359 g/mol. The Kier molecular flexibility index (Phi) is 5.01. The van der Waals surface area contributed by atoms with Gasteiger partial charge in [-0.25, -0.2) is 14.1 Å². The predicted octanol–water partition coefficient (Wildman–Crippen LogP) is 2.15. The number of oxime groups is 1. The largest absolute Gasteiger partial charge is 0.381 e. The maximum atomic E-state index is 13.1. The Labute approximate surface area is 151 Å². The molecule has 7 nitrogen and oxygen atoms in total. The smallest absolute Gasteiger partial charge is 0.264 e. The Morgan fingerprint density at radius 1 is 1.35 bits per heavy atom. The Hall–Kier alpha value is -2.77. The van der Waals surface area contributed by atoms with E-state index in [9.17, 15) is 9.18 Å². The van der Waals surface area contributed by atoms with Gasteiger partial charge < -0.3 is 10.2 Å². The van der Waals surface area contributed by atoms with Crippen LogP contribution in [-0.4, -0.2) is 39.0 Å². The van der Waals surface area contributed by atoms with Crippen LogP contribution in [0.3, 0.4) is 0 Å². The summed E-state index contributed by atoms with van der Waals surface area (Å²) in [5, 5.41) is 11.2. The van der Waals surface area contributed by atoms with Crippen LogP contribution in [-0.2, 0) is 9.63 Å². The van der Waals surface area contributed by atoms with Gasteiger partial charge in [-0.05, 0) is 38.5 Å². The number of carbonyl (C=O) groups is 1. The second-order valence-electron chi connectivity index (χ2n) is 6.54. The molecule has 0 radical (unpaired) electrons. The van der Waals surface area contributed by atoms with E-state index in [4.69, 9.17) is 4.84 Å². The third-order valence-corrected chi connectivity index (χ3v) is 4.45. The van der Waals surface area contributed by atoms with Gasteiger partial charge in [0.05, 0.1) is 17.7 Å². The van der Waals surface area contributed by atoms with Crippen molar-refractivity contribution in [1.29, 1.82) is 0 Å². The van der Waals surface area contributed by atoms with Crippen molar-refractivity contribution in [2.45, 2.75) is 39.8 Å². The fourth-order valence-electron chi connectivity index (χ4n) is 3.03. The van der Waals surface area contributed by atoms with Gasteiger partial charge in [0, 0.05) is 6.54 Å². The molecule has 0 bridgehead atoms. The number of aromatic nitrogens is 3.